The quantitative estimate of drug-likeness (QED) is 0.259. The van der Waals surface area contributed by atoms with E-state index in [-0.39, 0.29) is 6.42 Å². The first-order valence-electron chi connectivity index (χ1n) is 9.75. The molecule has 32 heavy (non-hydrogen) atoms. The molecule has 7 nitrogen and oxygen atoms in total. The van der Waals surface area contributed by atoms with Gasteiger partial charge in [0.2, 0.25) is 11.8 Å². The molecule has 0 aliphatic heterocycles. The Morgan fingerprint density at radius 2 is 1.81 bits per heavy atom. The maximum absolute atomic E-state index is 12.0. The molecule has 0 aliphatic rings. The van der Waals surface area contributed by atoms with Crippen molar-refractivity contribution in [2.75, 3.05) is 12.4 Å². The minimum Gasteiger partial charge on any atom is -0.497 e. The summed E-state index contributed by atoms with van der Waals surface area (Å²) in [5.74, 6) is 0.334. The molecule has 0 saturated carbocycles. The summed E-state index contributed by atoms with van der Waals surface area (Å²) in [6.07, 6.45) is 1.13. The van der Waals surface area contributed by atoms with E-state index in [0.717, 1.165) is 15.6 Å². The fraction of sp³-hybridized carbons (Fsp3) is 0.125. The van der Waals surface area contributed by atoms with Crippen LogP contribution in [0.2, 0.25) is 0 Å². The largest absolute Gasteiger partial charge is 0.497 e. The standard InChI is InChI=1S/C24H22BrN3O4/c1-31-20-9-5-8-19(13-20)27-23(29)14-24(30)28-26-15-18-10-11-22(21(25)12-18)32-16-17-6-3-2-4-7-17/h2-13,15H,14,16H2,1H3,(H,27,29)(H,28,30). The second kappa shape index (κ2) is 11.7. The third-order valence-electron chi connectivity index (χ3n) is 4.27. The van der Waals surface area contributed by atoms with Crippen LogP contribution in [-0.4, -0.2) is 25.1 Å². The topological polar surface area (TPSA) is 89.0 Å². The van der Waals surface area contributed by atoms with Gasteiger partial charge in [-0.25, -0.2) is 5.43 Å². The monoisotopic (exact) mass is 495 g/mol. The predicted molar refractivity (Wildman–Crippen MR) is 127 cm³/mol. The Morgan fingerprint density at radius 1 is 1.00 bits per heavy atom. The molecule has 0 atom stereocenters. The third kappa shape index (κ3) is 7.24. The van der Waals surface area contributed by atoms with Gasteiger partial charge in [-0.15, -0.1) is 0 Å². The lowest BCUT2D eigenvalue weighted by Gasteiger charge is -2.09. The zero-order chi connectivity index (χ0) is 22.8. The predicted octanol–water partition coefficient (Wildman–Crippen LogP) is 4.52. The summed E-state index contributed by atoms with van der Waals surface area (Å²) >= 11 is 3.48. The number of hydrogen-bond donors (Lipinski definition) is 2. The Bertz CT molecular complexity index is 1100. The molecule has 0 heterocycles. The number of ether oxygens (including phenoxy) is 2. The molecular weight excluding hydrogens is 474 g/mol. The van der Waals surface area contributed by atoms with Gasteiger partial charge in [0.1, 0.15) is 24.5 Å². The number of benzene rings is 3. The Morgan fingerprint density at radius 3 is 2.56 bits per heavy atom. The number of hydrogen-bond acceptors (Lipinski definition) is 5. The van der Waals surface area contributed by atoms with Crippen LogP contribution in [0.25, 0.3) is 0 Å². The maximum Gasteiger partial charge on any atom is 0.249 e. The number of hydrazone groups is 1. The Hall–Kier alpha value is -3.65. The number of methoxy groups -OCH3 is 1. The first-order chi connectivity index (χ1) is 15.5. The van der Waals surface area contributed by atoms with Crippen LogP contribution in [0, 0.1) is 0 Å². The van der Waals surface area contributed by atoms with E-state index in [1.807, 2.05) is 48.5 Å². The third-order valence-corrected chi connectivity index (χ3v) is 4.89. The van der Waals surface area contributed by atoms with Gasteiger partial charge in [-0.3, -0.25) is 9.59 Å². The second-order valence-electron chi connectivity index (χ2n) is 6.71. The molecule has 0 spiro atoms. The van der Waals surface area contributed by atoms with E-state index in [9.17, 15) is 9.59 Å². The van der Waals surface area contributed by atoms with Crippen molar-refractivity contribution < 1.29 is 19.1 Å². The number of carbonyl (C=O) groups is 2. The zero-order valence-electron chi connectivity index (χ0n) is 17.4. The molecule has 8 heteroatoms. The first kappa shape index (κ1) is 23.0. The number of rotatable bonds is 9. The van der Waals surface area contributed by atoms with E-state index in [4.69, 9.17) is 9.47 Å². The SMILES string of the molecule is COc1cccc(NC(=O)CC(=O)NN=Cc2ccc(OCc3ccccc3)c(Br)c2)c1. The Kier molecular flexibility index (Phi) is 8.39. The minimum atomic E-state index is -0.525. The van der Waals surface area contributed by atoms with Crippen molar-refractivity contribution in [2.24, 2.45) is 5.10 Å². The molecule has 2 amide bonds. The lowest BCUT2D eigenvalue weighted by Crippen LogP contribution is -2.24. The summed E-state index contributed by atoms with van der Waals surface area (Å²) < 4.78 is 11.7. The van der Waals surface area contributed by atoms with E-state index in [1.54, 1.807) is 24.3 Å². The molecule has 2 N–H and O–H groups in total. The molecule has 0 saturated heterocycles. The highest BCUT2D eigenvalue weighted by molar-refractivity contribution is 9.10. The molecule has 0 bridgehead atoms. The van der Waals surface area contributed by atoms with E-state index in [0.29, 0.717) is 23.8 Å². The molecule has 0 radical (unpaired) electrons. The van der Waals surface area contributed by atoms with Crippen molar-refractivity contribution >= 4 is 39.6 Å². The smallest absolute Gasteiger partial charge is 0.249 e. The van der Waals surface area contributed by atoms with Crippen LogP contribution in [-0.2, 0) is 16.2 Å². The van der Waals surface area contributed by atoms with Gasteiger partial charge in [-0.2, -0.15) is 5.10 Å². The van der Waals surface area contributed by atoms with Crippen molar-refractivity contribution in [3.63, 3.8) is 0 Å². The molecule has 0 aromatic heterocycles. The van der Waals surface area contributed by atoms with Crippen LogP contribution in [0.3, 0.4) is 0 Å². The number of halogens is 1. The fourth-order valence-electron chi connectivity index (χ4n) is 2.72. The van der Waals surface area contributed by atoms with Crippen molar-refractivity contribution in [3.05, 3.63) is 88.4 Å². The number of carbonyl (C=O) groups excluding carboxylic acids is 2. The lowest BCUT2D eigenvalue weighted by molar-refractivity contribution is -0.126. The van der Waals surface area contributed by atoms with Crippen LogP contribution in [0.4, 0.5) is 5.69 Å². The van der Waals surface area contributed by atoms with Crippen LogP contribution in [0.1, 0.15) is 17.5 Å². The summed E-state index contributed by atoms with van der Waals surface area (Å²) in [7, 11) is 1.54. The Balaban J connectivity index is 1.46. The van der Waals surface area contributed by atoms with Crippen molar-refractivity contribution in [3.8, 4) is 11.5 Å². The van der Waals surface area contributed by atoms with Gasteiger partial charge < -0.3 is 14.8 Å². The summed E-state index contributed by atoms with van der Waals surface area (Å²) in [6.45, 7) is 0.459. The average molecular weight is 496 g/mol. The molecule has 3 aromatic carbocycles. The lowest BCUT2D eigenvalue weighted by atomic mass is 10.2. The molecule has 0 unspecified atom stereocenters. The van der Waals surface area contributed by atoms with E-state index in [1.165, 1.54) is 13.3 Å². The van der Waals surface area contributed by atoms with Crippen molar-refractivity contribution in [1.82, 2.24) is 5.43 Å². The van der Waals surface area contributed by atoms with Crippen LogP contribution in [0.15, 0.2) is 82.4 Å². The highest BCUT2D eigenvalue weighted by Crippen LogP contribution is 2.26. The van der Waals surface area contributed by atoms with Crippen molar-refractivity contribution in [2.45, 2.75) is 13.0 Å². The zero-order valence-corrected chi connectivity index (χ0v) is 19.0. The molecule has 0 aliphatic carbocycles. The summed E-state index contributed by atoms with van der Waals surface area (Å²) in [5.41, 5.74) is 4.72. The van der Waals surface area contributed by atoms with Crippen LogP contribution >= 0.6 is 15.9 Å². The Labute approximate surface area is 194 Å². The molecule has 3 aromatic rings. The van der Waals surface area contributed by atoms with E-state index >= 15 is 0 Å². The van der Waals surface area contributed by atoms with Gasteiger partial charge in [0.05, 0.1) is 17.8 Å². The molecule has 3 rings (SSSR count). The summed E-state index contributed by atoms with van der Waals surface area (Å²) in [4.78, 5) is 24.0. The molecule has 164 valence electrons. The highest BCUT2D eigenvalue weighted by atomic mass is 79.9. The maximum atomic E-state index is 12.0. The number of amides is 2. The summed E-state index contributed by atoms with van der Waals surface area (Å²) in [5, 5.41) is 6.55. The fourth-order valence-corrected chi connectivity index (χ4v) is 3.23. The van der Waals surface area contributed by atoms with Gasteiger partial charge in [0.15, 0.2) is 0 Å². The summed E-state index contributed by atoms with van der Waals surface area (Å²) in [6, 6.07) is 22.2. The number of nitrogens with one attached hydrogen (secondary N) is 2. The average Bonchev–Trinajstić information content (AvgIpc) is 2.79. The van der Waals surface area contributed by atoms with Gasteiger partial charge in [-0.1, -0.05) is 36.4 Å². The second-order valence-corrected chi connectivity index (χ2v) is 7.57. The minimum absolute atomic E-state index is 0.357. The number of nitrogens with zero attached hydrogens (tertiary/aromatic N) is 1. The number of anilines is 1. The normalized spacial score (nSPS) is 10.6. The van der Waals surface area contributed by atoms with E-state index < -0.39 is 11.8 Å². The van der Waals surface area contributed by atoms with Crippen LogP contribution < -0.4 is 20.2 Å². The molecular formula is C24H22BrN3O4. The van der Waals surface area contributed by atoms with Crippen LogP contribution in [0.5, 0.6) is 11.5 Å². The first-order valence-corrected chi connectivity index (χ1v) is 10.5. The highest BCUT2D eigenvalue weighted by Gasteiger charge is 2.09. The van der Waals surface area contributed by atoms with Gasteiger partial charge in [-0.05, 0) is 57.4 Å². The van der Waals surface area contributed by atoms with Crippen molar-refractivity contribution in [1.29, 1.82) is 0 Å². The van der Waals surface area contributed by atoms with E-state index in [2.05, 4.69) is 31.8 Å². The van der Waals surface area contributed by atoms with Gasteiger partial charge in [0.25, 0.3) is 0 Å². The van der Waals surface area contributed by atoms with Gasteiger partial charge >= 0.3 is 0 Å². The van der Waals surface area contributed by atoms with Gasteiger partial charge in [0, 0.05) is 11.8 Å². The molecule has 0 fully saturated rings.